The Balaban J connectivity index is 1.49. The zero-order valence-corrected chi connectivity index (χ0v) is 16.6. The van der Waals surface area contributed by atoms with E-state index in [1.165, 1.54) is 5.56 Å². The van der Waals surface area contributed by atoms with Crippen LogP contribution in [0, 0.1) is 0 Å². The van der Waals surface area contributed by atoms with E-state index >= 15 is 0 Å². The van der Waals surface area contributed by atoms with Crippen LogP contribution in [0.5, 0.6) is 0 Å². The largest absolute Gasteiger partial charge is 0.378 e. The van der Waals surface area contributed by atoms with Crippen molar-refractivity contribution in [1.29, 1.82) is 0 Å². The maximum absolute atomic E-state index is 13.6. The number of carbonyl (C=O) groups is 1. The number of nitrogens with zero attached hydrogens (tertiary/aromatic N) is 3. The van der Waals surface area contributed by atoms with Crippen LogP contribution in [-0.4, -0.2) is 65.0 Å². The van der Waals surface area contributed by atoms with Crippen LogP contribution in [0.25, 0.3) is 0 Å². The minimum Gasteiger partial charge on any atom is -0.378 e. The minimum atomic E-state index is -0.495. The van der Waals surface area contributed by atoms with Crippen molar-refractivity contribution in [2.24, 2.45) is 0 Å². The van der Waals surface area contributed by atoms with Crippen LogP contribution in [-0.2, 0) is 11.3 Å². The smallest absolute Gasteiger partial charge is 0.201 e. The molecule has 0 radical (unpaired) electrons. The van der Waals surface area contributed by atoms with E-state index in [-0.39, 0.29) is 11.9 Å². The predicted octanol–water partition coefficient (Wildman–Crippen LogP) is 3.02. The Labute approximate surface area is 167 Å². The maximum atomic E-state index is 13.6. The Bertz CT molecular complexity index is 775. The summed E-state index contributed by atoms with van der Waals surface area (Å²) in [5.74, 6) is 0.153. The van der Waals surface area contributed by atoms with Gasteiger partial charge in [0.05, 0.1) is 11.6 Å². The van der Waals surface area contributed by atoms with Crippen molar-refractivity contribution in [2.45, 2.75) is 38.0 Å². The van der Waals surface area contributed by atoms with Crippen molar-refractivity contribution in [3.05, 3.63) is 66.0 Å². The average Bonchev–Trinajstić information content (AvgIpc) is 2.75. The zero-order valence-electron chi connectivity index (χ0n) is 16.6. The molecule has 5 heteroatoms. The van der Waals surface area contributed by atoms with E-state index in [0.717, 1.165) is 45.6 Å². The van der Waals surface area contributed by atoms with Crippen LogP contribution in [0.2, 0.25) is 0 Å². The molecular weight excluding hydrogens is 350 g/mol. The molecule has 4 rings (SSSR count). The van der Waals surface area contributed by atoms with E-state index in [1.54, 1.807) is 6.20 Å². The van der Waals surface area contributed by atoms with Gasteiger partial charge in [0.2, 0.25) is 5.78 Å². The molecule has 0 N–H and O–H groups in total. The lowest BCUT2D eigenvalue weighted by Crippen LogP contribution is -2.63. The van der Waals surface area contributed by atoms with E-state index in [9.17, 15) is 4.79 Å². The summed E-state index contributed by atoms with van der Waals surface area (Å²) >= 11 is 0. The quantitative estimate of drug-likeness (QED) is 0.748. The molecule has 2 atom stereocenters. The van der Waals surface area contributed by atoms with Gasteiger partial charge in [0, 0.05) is 45.5 Å². The molecule has 3 heterocycles. The molecule has 0 bridgehead atoms. The molecule has 0 saturated carbocycles. The van der Waals surface area contributed by atoms with Gasteiger partial charge >= 0.3 is 0 Å². The van der Waals surface area contributed by atoms with Gasteiger partial charge in [-0.3, -0.25) is 19.6 Å². The molecular formula is C23H29N3O2. The molecule has 1 aromatic carbocycles. The highest BCUT2D eigenvalue weighted by atomic mass is 16.5. The van der Waals surface area contributed by atoms with Crippen LogP contribution in [0.15, 0.2) is 54.7 Å². The Hall–Kier alpha value is -2.08. The van der Waals surface area contributed by atoms with Crippen LogP contribution in [0.3, 0.4) is 0 Å². The van der Waals surface area contributed by atoms with Crippen molar-refractivity contribution in [1.82, 2.24) is 14.8 Å². The number of ether oxygens (including phenoxy) is 1. The third kappa shape index (κ3) is 4.02. The van der Waals surface area contributed by atoms with Gasteiger partial charge in [-0.15, -0.1) is 0 Å². The third-order valence-electron chi connectivity index (χ3n) is 6.09. The second-order valence-corrected chi connectivity index (χ2v) is 7.96. The van der Waals surface area contributed by atoms with Crippen LogP contribution in [0.1, 0.15) is 35.8 Å². The lowest BCUT2D eigenvalue weighted by Gasteiger charge is -2.49. The number of benzene rings is 1. The summed E-state index contributed by atoms with van der Waals surface area (Å²) in [6.07, 6.45) is 3.28. The first-order valence-corrected chi connectivity index (χ1v) is 10.3. The first-order chi connectivity index (χ1) is 13.7. The van der Waals surface area contributed by atoms with Crippen molar-refractivity contribution in [3.8, 4) is 0 Å². The molecule has 0 spiro atoms. The predicted molar refractivity (Wildman–Crippen MR) is 109 cm³/mol. The Morgan fingerprint density at radius 3 is 2.54 bits per heavy atom. The average molecular weight is 380 g/mol. The second kappa shape index (κ2) is 8.52. The van der Waals surface area contributed by atoms with Crippen LogP contribution >= 0.6 is 0 Å². The number of pyridine rings is 1. The standard InChI is InChI=1S/C23H29N3O2/c1-19-17-23(10-16-28-19,22(27)21-9-5-6-11-24-21)26-14-12-25(13-15-26)18-20-7-3-2-4-8-20/h2-9,11,19H,10,12-18H2,1H3/t19-,23?/m1/s1. The van der Waals surface area contributed by atoms with Crippen molar-refractivity contribution in [3.63, 3.8) is 0 Å². The van der Waals surface area contributed by atoms with Gasteiger partial charge in [-0.1, -0.05) is 36.4 Å². The second-order valence-electron chi connectivity index (χ2n) is 7.96. The zero-order chi connectivity index (χ0) is 19.4. The molecule has 5 nitrogen and oxygen atoms in total. The van der Waals surface area contributed by atoms with E-state index in [4.69, 9.17) is 4.74 Å². The third-order valence-corrected chi connectivity index (χ3v) is 6.09. The number of hydrogen-bond acceptors (Lipinski definition) is 5. The van der Waals surface area contributed by atoms with Gasteiger partial charge in [-0.25, -0.2) is 0 Å². The van der Waals surface area contributed by atoms with E-state index < -0.39 is 5.54 Å². The van der Waals surface area contributed by atoms with Gasteiger partial charge in [-0.05, 0) is 37.5 Å². The van der Waals surface area contributed by atoms with Crippen LogP contribution < -0.4 is 0 Å². The van der Waals surface area contributed by atoms with Gasteiger partial charge in [-0.2, -0.15) is 0 Å². The molecule has 2 aromatic rings. The fourth-order valence-corrected chi connectivity index (χ4v) is 4.61. The molecule has 1 aromatic heterocycles. The summed E-state index contributed by atoms with van der Waals surface area (Å²) in [6.45, 7) is 7.42. The molecule has 2 aliphatic rings. The minimum absolute atomic E-state index is 0.0868. The molecule has 28 heavy (non-hydrogen) atoms. The molecule has 0 aliphatic carbocycles. The first kappa shape index (κ1) is 19.2. The van der Waals surface area contributed by atoms with Gasteiger partial charge in [0.15, 0.2) is 0 Å². The van der Waals surface area contributed by atoms with E-state index in [2.05, 4.69) is 52.0 Å². The van der Waals surface area contributed by atoms with Crippen molar-refractivity contribution >= 4 is 5.78 Å². The van der Waals surface area contributed by atoms with Gasteiger partial charge in [0.1, 0.15) is 5.69 Å². The summed E-state index contributed by atoms with van der Waals surface area (Å²) in [6, 6.07) is 16.2. The number of rotatable bonds is 5. The molecule has 2 aliphatic heterocycles. The number of piperazine rings is 1. The summed E-state index contributed by atoms with van der Waals surface area (Å²) < 4.78 is 5.80. The molecule has 148 valence electrons. The number of carbonyl (C=O) groups excluding carboxylic acids is 1. The Morgan fingerprint density at radius 1 is 1.11 bits per heavy atom. The lowest BCUT2D eigenvalue weighted by atomic mass is 9.79. The highest BCUT2D eigenvalue weighted by Gasteiger charge is 2.48. The molecule has 0 amide bonds. The summed E-state index contributed by atoms with van der Waals surface area (Å²) in [7, 11) is 0. The van der Waals surface area contributed by atoms with E-state index in [0.29, 0.717) is 12.3 Å². The molecule has 2 fully saturated rings. The van der Waals surface area contributed by atoms with Crippen LogP contribution in [0.4, 0.5) is 0 Å². The topological polar surface area (TPSA) is 45.7 Å². The fourth-order valence-electron chi connectivity index (χ4n) is 4.61. The molecule has 2 saturated heterocycles. The fraction of sp³-hybridized carbons (Fsp3) is 0.478. The number of aromatic nitrogens is 1. The van der Waals surface area contributed by atoms with Crippen molar-refractivity contribution in [2.75, 3.05) is 32.8 Å². The summed E-state index contributed by atoms with van der Waals surface area (Å²) in [5.41, 5.74) is 1.42. The van der Waals surface area contributed by atoms with Crippen molar-refractivity contribution < 1.29 is 9.53 Å². The highest BCUT2D eigenvalue weighted by Crippen LogP contribution is 2.35. The summed E-state index contributed by atoms with van der Waals surface area (Å²) in [5, 5.41) is 0. The normalized spacial score (nSPS) is 26.8. The number of ketones is 1. The Kier molecular flexibility index (Phi) is 5.85. The first-order valence-electron chi connectivity index (χ1n) is 10.3. The maximum Gasteiger partial charge on any atom is 0.201 e. The Morgan fingerprint density at radius 2 is 1.86 bits per heavy atom. The van der Waals surface area contributed by atoms with Gasteiger partial charge in [0.25, 0.3) is 0 Å². The SMILES string of the molecule is C[C@@H]1CC(C(=O)c2ccccn2)(N2CCN(Cc3ccccc3)CC2)CCO1. The highest BCUT2D eigenvalue weighted by molar-refractivity contribution is 6.01. The molecule has 1 unspecified atom stereocenters. The number of hydrogen-bond donors (Lipinski definition) is 0. The van der Waals surface area contributed by atoms with E-state index in [1.807, 2.05) is 18.2 Å². The summed E-state index contributed by atoms with van der Waals surface area (Å²) in [4.78, 5) is 22.8. The van der Waals surface area contributed by atoms with Gasteiger partial charge < -0.3 is 4.74 Å². The number of Topliss-reactive ketones (excluding diaryl/α,β-unsaturated/α-hetero) is 1. The lowest BCUT2D eigenvalue weighted by molar-refractivity contribution is -0.0647. The monoisotopic (exact) mass is 379 g/mol.